The Morgan fingerprint density at radius 1 is 1.18 bits per heavy atom. The molecule has 3 atom stereocenters. The van der Waals surface area contributed by atoms with Crippen molar-refractivity contribution in [1.82, 2.24) is 24.4 Å². The molecule has 1 amide bonds. The number of fused-ring (bicyclic) bond motifs is 2. The number of methoxy groups -OCH3 is 1. The molecule has 1 N–H and O–H groups in total. The largest absolute Gasteiger partial charge is 0.490 e. The molecule has 38 heavy (non-hydrogen) atoms. The van der Waals surface area contributed by atoms with E-state index in [-0.39, 0.29) is 29.5 Å². The fourth-order valence-electron chi connectivity index (χ4n) is 6.01. The summed E-state index contributed by atoms with van der Waals surface area (Å²) in [7, 11) is 1.41. The van der Waals surface area contributed by atoms with Gasteiger partial charge in [-0.2, -0.15) is 4.98 Å². The number of aryl methyl sites for hydroxylation is 1. The molecule has 3 aromatic rings. The maximum atomic E-state index is 11.9. The van der Waals surface area contributed by atoms with Crippen molar-refractivity contribution in [2.45, 2.75) is 32.4 Å². The van der Waals surface area contributed by atoms with Crippen molar-refractivity contribution >= 4 is 28.9 Å². The molecule has 13 heteroatoms. The van der Waals surface area contributed by atoms with Gasteiger partial charge in [0.1, 0.15) is 17.4 Å². The van der Waals surface area contributed by atoms with E-state index in [1.807, 2.05) is 10.6 Å². The number of hydrogen-bond acceptors (Lipinski definition) is 9. The summed E-state index contributed by atoms with van der Waals surface area (Å²) in [5.74, 6) is 1.10. The molecule has 6 rings (SSSR count). The lowest BCUT2D eigenvalue weighted by Gasteiger charge is -2.24. The van der Waals surface area contributed by atoms with E-state index in [1.54, 1.807) is 13.3 Å². The number of imidazole rings is 1. The molecule has 1 aromatic carbocycles. The summed E-state index contributed by atoms with van der Waals surface area (Å²) in [4.78, 5) is 40.9. The Kier molecular flexibility index (Phi) is 6.01. The molecule has 0 radical (unpaired) electrons. The summed E-state index contributed by atoms with van der Waals surface area (Å²) >= 11 is 0. The fourth-order valence-corrected chi connectivity index (χ4v) is 6.01. The van der Waals surface area contributed by atoms with E-state index in [2.05, 4.69) is 9.88 Å². The van der Waals surface area contributed by atoms with Crippen LogP contribution < -0.4 is 9.64 Å². The first-order valence-corrected chi connectivity index (χ1v) is 12.8. The minimum Gasteiger partial charge on any atom is -0.490 e. The van der Waals surface area contributed by atoms with Crippen LogP contribution in [0.2, 0.25) is 0 Å². The molecule has 3 saturated heterocycles. The number of nitrogens with zero attached hydrogens (tertiary/aromatic N) is 7. The van der Waals surface area contributed by atoms with Crippen LogP contribution in [0.1, 0.15) is 31.1 Å². The van der Waals surface area contributed by atoms with E-state index in [0.29, 0.717) is 66.7 Å². The standard InChI is InChI=1S/C25H29N7O6/c1-14-7-15(8-18(32(35)36)22(14)37-2)20-21-23(31(13-26-21)19-5-3-4-6-38-19)28-24(27-20)29-9-16-11-30(25(33)34)12-17(16)10-29/h7-8,13,16-17,19H,3-6,9-12H2,1-2H3,(H,33,34). The van der Waals surface area contributed by atoms with Gasteiger partial charge in [0.2, 0.25) is 5.95 Å². The highest BCUT2D eigenvalue weighted by atomic mass is 16.6. The Bertz CT molecular complexity index is 1400. The predicted molar refractivity (Wildman–Crippen MR) is 136 cm³/mol. The first kappa shape index (κ1) is 24.3. The smallest absolute Gasteiger partial charge is 0.407 e. The summed E-state index contributed by atoms with van der Waals surface area (Å²) in [6.45, 7) is 4.67. The average molecular weight is 524 g/mol. The minimum absolute atomic E-state index is 0.143. The lowest BCUT2D eigenvalue weighted by molar-refractivity contribution is -0.385. The SMILES string of the molecule is COc1c(C)cc(-c2nc(N3CC4CN(C(=O)O)CC4C3)nc3c2ncn3C2CCCCO2)cc1[N+](=O)[O-]. The molecule has 3 aliphatic heterocycles. The topological polar surface area (TPSA) is 149 Å². The number of benzene rings is 1. The van der Waals surface area contributed by atoms with Crippen molar-refractivity contribution in [3.8, 4) is 17.0 Å². The molecule has 0 saturated carbocycles. The third-order valence-corrected chi connectivity index (χ3v) is 7.84. The van der Waals surface area contributed by atoms with E-state index in [1.165, 1.54) is 18.1 Å². The van der Waals surface area contributed by atoms with Gasteiger partial charge in [0.05, 0.1) is 18.4 Å². The van der Waals surface area contributed by atoms with Crippen LogP contribution in [0.25, 0.3) is 22.4 Å². The van der Waals surface area contributed by atoms with Crippen LogP contribution in [0.4, 0.5) is 16.4 Å². The summed E-state index contributed by atoms with van der Waals surface area (Å²) < 4.78 is 13.3. The normalized spacial score (nSPS) is 23.2. The number of rotatable bonds is 5. The van der Waals surface area contributed by atoms with Crippen LogP contribution in [0, 0.1) is 28.9 Å². The lowest BCUT2D eigenvalue weighted by Crippen LogP contribution is -2.32. The average Bonchev–Trinajstić information content (AvgIpc) is 3.61. The van der Waals surface area contributed by atoms with Crippen molar-refractivity contribution in [1.29, 1.82) is 0 Å². The number of carbonyl (C=O) groups is 1. The van der Waals surface area contributed by atoms with Crippen molar-refractivity contribution in [3.63, 3.8) is 0 Å². The van der Waals surface area contributed by atoms with Gasteiger partial charge in [-0.25, -0.2) is 14.8 Å². The maximum absolute atomic E-state index is 11.9. The molecular formula is C25H29N7O6. The number of nitro benzene ring substituents is 1. The Balaban J connectivity index is 1.46. The van der Waals surface area contributed by atoms with E-state index in [4.69, 9.17) is 19.4 Å². The highest BCUT2D eigenvalue weighted by Crippen LogP contribution is 2.39. The molecule has 5 heterocycles. The highest BCUT2D eigenvalue weighted by molar-refractivity contribution is 5.89. The van der Waals surface area contributed by atoms with Gasteiger partial charge >= 0.3 is 11.8 Å². The number of amides is 1. The van der Waals surface area contributed by atoms with E-state index < -0.39 is 11.0 Å². The number of carboxylic acid groups (broad SMARTS) is 1. The van der Waals surface area contributed by atoms with Gasteiger partial charge in [0, 0.05) is 56.3 Å². The second-order valence-electron chi connectivity index (χ2n) is 10.2. The molecular weight excluding hydrogens is 494 g/mol. The lowest BCUT2D eigenvalue weighted by atomic mass is 10.0. The molecule has 3 fully saturated rings. The molecule has 0 aliphatic carbocycles. The van der Waals surface area contributed by atoms with Crippen LogP contribution >= 0.6 is 0 Å². The zero-order valence-electron chi connectivity index (χ0n) is 21.2. The number of hydrogen-bond donors (Lipinski definition) is 1. The molecule has 0 spiro atoms. The molecule has 13 nitrogen and oxygen atoms in total. The Morgan fingerprint density at radius 2 is 1.95 bits per heavy atom. The summed E-state index contributed by atoms with van der Waals surface area (Å²) in [5.41, 5.74) is 2.67. The molecule has 0 bridgehead atoms. The first-order chi connectivity index (χ1) is 18.3. The third-order valence-electron chi connectivity index (χ3n) is 7.84. The Hall–Kier alpha value is -4.00. The quantitative estimate of drug-likeness (QED) is 0.389. The van der Waals surface area contributed by atoms with Gasteiger partial charge in [0.15, 0.2) is 11.4 Å². The molecule has 200 valence electrons. The zero-order valence-corrected chi connectivity index (χ0v) is 21.2. The first-order valence-electron chi connectivity index (χ1n) is 12.8. The zero-order chi connectivity index (χ0) is 26.6. The van der Waals surface area contributed by atoms with Crippen LogP contribution in [-0.4, -0.2) is 80.4 Å². The van der Waals surface area contributed by atoms with Gasteiger partial charge in [-0.1, -0.05) is 0 Å². The Morgan fingerprint density at radius 3 is 2.58 bits per heavy atom. The van der Waals surface area contributed by atoms with Crippen LogP contribution in [0.3, 0.4) is 0 Å². The minimum atomic E-state index is -0.890. The second-order valence-corrected chi connectivity index (χ2v) is 10.2. The van der Waals surface area contributed by atoms with Gasteiger partial charge in [0.25, 0.3) is 0 Å². The number of anilines is 1. The van der Waals surface area contributed by atoms with Crippen LogP contribution in [0.15, 0.2) is 18.5 Å². The number of ether oxygens (including phenoxy) is 2. The second kappa shape index (κ2) is 9.39. The van der Waals surface area contributed by atoms with Crippen LogP contribution in [0.5, 0.6) is 5.75 Å². The molecule has 3 aliphatic rings. The monoisotopic (exact) mass is 523 g/mol. The van der Waals surface area contributed by atoms with Crippen molar-refractivity contribution < 1.29 is 24.3 Å². The third kappa shape index (κ3) is 4.06. The molecule has 2 aromatic heterocycles. The molecule has 3 unspecified atom stereocenters. The van der Waals surface area contributed by atoms with Crippen molar-refractivity contribution in [2.75, 3.05) is 44.8 Å². The van der Waals surface area contributed by atoms with Gasteiger partial charge in [-0.15, -0.1) is 0 Å². The number of likely N-dealkylation sites (tertiary alicyclic amines) is 1. The Labute approximate surface area is 218 Å². The maximum Gasteiger partial charge on any atom is 0.407 e. The van der Waals surface area contributed by atoms with Gasteiger partial charge in [-0.05, 0) is 37.8 Å². The van der Waals surface area contributed by atoms with E-state index in [9.17, 15) is 20.0 Å². The van der Waals surface area contributed by atoms with Crippen LogP contribution in [-0.2, 0) is 4.74 Å². The summed E-state index contributed by atoms with van der Waals surface area (Å²) in [6, 6.07) is 3.29. The van der Waals surface area contributed by atoms with Gasteiger partial charge < -0.3 is 24.4 Å². The van der Waals surface area contributed by atoms with Crippen molar-refractivity contribution in [3.05, 3.63) is 34.1 Å². The van der Waals surface area contributed by atoms with E-state index >= 15 is 0 Å². The summed E-state index contributed by atoms with van der Waals surface area (Å²) in [5, 5.41) is 21.2. The predicted octanol–water partition coefficient (Wildman–Crippen LogP) is 3.46. The highest BCUT2D eigenvalue weighted by Gasteiger charge is 2.42. The van der Waals surface area contributed by atoms with Crippen molar-refractivity contribution in [2.24, 2.45) is 11.8 Å². The number of nitro groups is 1. The van der Waals surface area contributed by atoms with Gasteiger partial charge in [-0.3, -0.25) is 14.7 Å². The van der Waals surface area contributed by atoms with E-state index in [0.717, 1.165) is 19.3 Å². The fraction of sp³-hybridized carbons (Fsp3) is 0.520. The summed E-state index contributed by atoms with van der Waals surface area (Å²) in [6.07, 6.45) is 3.50. The number of aromatic nitrogens is 4.